The Morgan fingerprint density at radius 3 is 3.08 bits per heavy atom. The number of ether oxygens (including phenoxy) is 1. The number of oxazole rings is 1. The van der Waals surface area contributed by atoms with Gasteiger partial charge >= 0.3 is 0 Å². The molecular formula is C17H17FN4O3. The van der Waals surface area contributed by atoms with Gasteiger partial charge in [-0.2, -0.15) is 5.10 Å². The molecule has 0 atom stereocenters. The van der Waals surface area contributed by atoms with Crippen LogP contribution in [0.1, 0.15) is 28.9 Å². The van der Waals surface area contributed by atoms with Crippen LogP contribution in [0.15, 0.2) is 47.3 Å². The molecular weight excluding hydrogens is 327 g/mol. The zero-order valence-corrected chi connectivity index (χ0v) is 13.6. The van der Waals surface area contributed by atoms with Crippen molar-refractivity contribution >= 4 is 5.91 Å². The van der Waals surface area contributed by atoms with Crippen LogP contribution in [0.5, 0.6) is 5.75 Å². The Labute approximate surface area is 143 Å². The molecule has 130 valence electrons. The Morgan fingerprint density at radius 2 is 2.32 bits per heavy atom. The van der Waals surface area contributed by atoms with Gasteiger partial charge in [0.2, 0.25) is 5.89 Å². The van der Waals surface area contributed by atoms with Crippen LogP contribution in [0.3, 0.4) is 0 Å². The molecule has 1 amide bonds. The molecule has 3 rings (SSSR count). The highest BCUT2D eigenvalue weighted by atomic mass is 19.1. The number of carbonyl (C=O) groups is 1. The quantitative estimate of drug-likeness (QED) is 0.712. The fourth-order valence-corrected chi connectivity index (χ4v) is 2.13. The maximum atomic E-state index is 13.1. The average Bonchev–Trinajstić information content (AvgIpc) is 3.27. The fourth-order valence-electron chi connectivity index (χ4n) is 2.13. The van der Waals surface area contributed by atoms with Crippen LogP contribution >= 0.6 is 0 Å². The largest absolute Gasteiger partial charge is 0.484 e. The van der Waals surface area contributed by atoms with Crippen molar-refractivity contribution in [1.29, 1.82) is 0 Å². The molecule has 0 radical (unpaired) electrons. The van der Waals surface area contributed by atoms with E-state index in [2.05, 4.69) is 15.4 Å². The third kappa shape index (κ3) is 4.43. The third-order valence-corrected chi connectivity index (χ3v) is 3.41. The zero-order chi connectivity index (χ0) is 17.6. The molecule has 3 aromatic rings. The molecule has 0 saturated heterocycles. The third-order valence-electron chi connectivity index (χ3n) is 3.41. The van der Waals surface area contributed by atoms with Crippen molar-refractivity contribution in [2.24, 2.45) is 0 Å². The summed E-state index contributed by atoms with van der Waals surface area (Å²) >= 11 is 0. The van der Waals surface area contributed by atoms with Gasteiger partial charge in [0.1, 0.15) is 17.8 Å². The smallest absolute Gasteiger partial charge is 0.273 e. The summed E-state index contributed by atoms with van der Waals surface area (Å²) in [5, 5.41) is 6.88. The second-order valence-corrected chi connectivity index (χ2v) is 5.26. The van der Waals surface area contributed by atoms with Crippen molar-refractivity contribution in [3.8, 4) is 5.75 Å². The van der Waals surface area contributed by atoms with Crippen molar-refractivity contribution in [2.75, 3.05) is 0 Å². The molecule has 0 saturated carbocycles. The SMILES string of the molecule is CCn1cc(CNC(=O)c2coc(COc3cccc(F)c3)n2)cn1. The molecule has 0 aliphatic carbocycles. The Balaban J connectivity index is 1.52. The van der Waals surface area contributed by atoms with Crippen LogP contribution < -0.4 is 10.1 Å². The predicted octanol–water partition coefficient (Wildman–Crippen LogP) is 2.54. The number of benzene rings is 1. The number of carbonyl (C=O) groups excluding carboxylic acids is 1. The van der Waals surface area contributed by atoms with Crippen LogP contribution in [0.2, 0.25) is 0 Å². The van der Waals surface area contributed by atoms with Crippen molar-refractivity contribution in [3.05, 3.63) is 65.9 Å². The average molecular weight is 344 g/mol. The topological polar surface area (TPSA) is 82.2 Å². The van der Waals surface area contributed by atoms with Gasteiger partial charge in [-0.1, -0.05) is 6.07 Å². The van der Waals surface area contributed by atoms with Gasteiger partial charge < -0.3 is 14.5 Å². The number of nitrogens with zero attached hydrogens (tertiary/aromatic N) is 3. The molecule has 2 heterocycles. The van der Waals surface area contributed by atoms with Crippen molar-refractivity contribution in [2.45, 2.75) is 26.6 Å². The first-order valence-corrected chi connectivity index (χ1v) is 7.76. The highest BCUT2D eigenvalue weighted by Crippen LogP contribution is 2.14. The van der Waals surface area contributed by atoms with E-state index < -0.39 is 5.82 Å². The highest BCUT2D eigenvalue weighted by molar-refractivity contribution is 5.91. The highest BCUT2D eigenvalue weighted by Gasteiger charge is 2.13. The summed E-state index contributed by atoms with van der Waals surface area (Å²) in [6.45, 7) is 3.10. The van der Waals surface area contributed by atoms with Crippen molar-refractivity contribution in [3.63, 3.8) is 0 Å². The molecule has 0 spiro atoms. The van der Waals surface area contributed by atoms with Crippen molar-refractivity contribution < 1.29 is 18.3 Å². The van der Waals surface area contributed by atoms with E-state index in [1.807, 2.05) is 13.1 Å². The molecule has 2 aromatic heterocycles. The summed E-state index contributed by atoms with van der Waals surface area (Å²) in [5.41, 5.74) is 1.05. The maximum Gasteiger partial charge on any atom is 0.273 e. The summed E-state index contributed by atoms with van der Waals surface area (Å²) in [5.74, 6) is -0.160. The van der Waals surface area contributed by atoms with E-state index in [-0.39, 0.29) is 24.1 Å². The minimum atomic E-state index is -0.392. The number of hydrogen-bond donors (Lipinski definition) is 1. The van der Waals surface area contributed by atoms with E-state index in [1.54, 1.807) is 23.0 Å². The van der Waals surface area contributed by atoms with Gasteiger partial charge in [-0.15, -0.1) is 0 Å². The first-order chi connectivity index (χ1) is 12.1. The molecule has 0 unspecified atom stereocenters. The molecule has 8 heteroatoms. The second-order valence-electron chi connectivity index (χ2n) is 5.26. The van der Waals surface area contributed by atoms with Crippen molar-refractivity contribution in [1.82, 2.24) is 20.1 Å². The Kier molecular flexibility index (Phi) is 5.08. The first kappa shape index (κ1) is 16.7. The number of aromatic nitrogens is 3. The van der Waals surface area contributed by atoms with E-state index in [4.69, 9.17) is 9.15 Å². The first-order valence-electron chi connectivity index (χ1n) is 7.76. The predicted molar refractivity (Wildman–Crippen MR) is 86.3 cm³/mol. The summed E-state index contributed by atoms with van der Waals surface area (Å²) in [4.78, 5) is 16.1. The van der Waals surface area contributed by atoms with Gasteiger partial charge in [-0.05, 0) is 19.1 Å². The molecule has 0 aliphatic rings. The summed E-state index contributed by atoms with van der Waals surface area (Å²) in [6, 6.07) is 5.74. The van der Waals surface area contributed by atoms with Gasteiger partial charge in [-0.3, -0.25) is 9.48 Å². The minimum Gasteiger partial charge on any atom is -0.484 e. The van der Waals surface area contributed by atoms with E-state index in [0.717, 1.165) is 12.1 Å². The molecule has 1 aromatic carbocycles. The van der Waals surface area contributed by atoms with Gasteiger partial charge in [0, 0.05) is 30.9 Å². The molecule has 25 heavy (non-hydrogen) atoms. The number of hydrogen-bond acceptors (Lipinski definition) is 5. The van der Waals surface area contributed by atoms with Gasteiger partial charge in [0.15, 0.2) is 12.3 Å². The zero-order valence-electron chi connectivity index (χ0n) is 13.6. The Bertz CT molecular complexity index is 859. The van der Waals surface area contributed by atoms with Crippen LogP contribution in [0.25, 0.3) is 0 Å². The van der Waals surface area contributed by atoms with Gasteiger partial charge in [0.25, 0.3) is 5.91 Å². The lowest BCUT2D eigenvalue weighted by Crippen LogP contribution is -2.23. The number of amides is 1. The number of rotatable bonds is 7. The normalized spacial score (nSPS) is 10.6. The lowest BCUT2D eigenvalue weighted by atomic mass is 10.3. The number of halogens is 1. The second kappa shape index (κ2) is 7.61. The molecule has 1 N–H and O–H groups in total. The van der Waals surface area contributed by atoms with Crippen LogP contribution in [0, 0.1) is 5.82 Å². The summed E-state index contributed by atoms with van der Waals surface area (Å²) in [6.07, 6.45) is 4.82. The Hall–Kier alpha value is -3.16. The maximum absolute atomic E-state index is 13.1. The lowest BCUT2D eigenvalue weighted by molar-refractivity contribution is 0.0946. The Morgan fingerprint density at radius 1 is 1.44 bits per heavy atom. The van der Waals surface area contributed by atoms with E-state index in [9.17, 15) is 9.18 Å². The standard InChI is InChI=1S/C17H17FN4O3/c1-2-22-9-12(8-20-22)7-19-17(23)15-10-25-16(21-15)11-24-14-5-3-4-13(18)6-14/h3-6,8-10H,2,7,11H2,1H3,(H,19,23). The number of aryl methyl sites for hydroxylation is 1. The number of nitrogens with one attached hydrogen (secondary N) is 1. The van der Waals surface area contributed by atoms with E-state index in [0.29, 0.717) is 12.3 Å². The molecule has 0 bridgehead atoms. The molecule has 0 aliphatic heterocycles. The van der Waals surface area contributed by atoms with Crippen LogP contribution in [-0.4, -0.2) is 20.7 Å². The van der Waals surface area contributed by atoms with E-state index >= 15 is 0 Å². The van der Waals surface area contributed by atoms with Gasteiger partial charge in [-0.25, -0.2) is 9.37 Å². The van der Waals surface area contributed by atoms with Crippen LogP contribution in [0.4, 0.5) is 4.39 Å². The fraction of sp³-hybridized carbons (Fsp3) is 0.235. The summed E-state index contributed by atoms with van der Waals surface area (Å²) < 4.78 is 25.4. The molecule has 7 nitrogen and oxygen atoms in total. The molecule has 0 fully saturated rings. The van der Waals surface area contributed by atoms with E-state index in [1.165, 1.54) is 18.4 Å². The minimum absolute atomic E-state index is 0.00000386. The van der Waals surface area contributed by atoms with Gasteiger partial charge in [0.05, 0.1) is 6.20 Å². The monoisotopic (exact) mass is 344 g/mol. The van der Waals surface area contributed by atoms with Crippen LogP contribution in [-0.2, 0) is 19.7 Å². The summed E-state index contributed by atoms with van der Waals surface area (Å²) in [7, 11) is 0. The lowest BCUT2D eigenvalue weighted by Gasteiger charge is -2.02.